The van der Waals surface area contributed by atoms with E-state index in [4.69, 9.17) is 0 Å². The smallest absolute Gasteiger partial charge is 0.264 e. The van der Waals surface area contributed by atoms with Gasteiger partial charge in [-0.15, -0.1) is 0 Å². The van der Waals surface area contributed by atoms with Crippen molar-refractivity contribution in [3.63, 3.8) is 0 Å². The molecule has 1 saturated carbocycles. The van der Waals surface area contributed by atoms with Crippen molar-refractivity contribution in [3.05, 3.63) is 40.3 Å². The van der Waals surface area contributed by atoms with Crippen LogP contribution in [0.25, 0.3) is 6.08 Å². The molecule has 6 heteroatoms. The van der Waals surface area contributed by atoms with Crippen LogP contribution in [0, 0.1) is 11.6 Å². The molecule has 2 fully saturated rings. The van der Waals surface area contributed by atoms with E-state index in [0.717, 1.165) is 18.9 Å². The lowest BCUT2D eigenvalue weighted by Gasteiger charge is -2.17. The predicted molar refractivity (Wildman–Crippen MR) is 84.4 cm³/mol. The van der Waals surface area contributed by atoms with E-state index >= 15 is 0 Å². The Balaban J connectivity index is 1.76. The van der Waals surface area contributed by atoms with E-state index in [9.17, 15) is 13.6 Å². The van der Waals surface area contributed by atoms with Crippen molar-refractivity contribution in [1.82, 2.24) is 5.32 Å². The van der Waals surface area contributed by atoms with Crippen LogP contribution < -0.4 is 5.32 Å². The van der Waals surface area contributed by atoms with E-state index in [1.54, 1.807) is 0 Å². The molecule has 22 heavy (non-hydrogen) atoms. The molecule has 1 N–H and O–H groups in total. The number of hydrogen-bond acceptors (Lipinski definition) is 3. The van der Waals surface area contributed by atoms with Crippen LogP contribution in [0.2, 0.25) is 0 Å². The number of amides is 1. The first kappa shape index (κ1) is 15.2. The van der Waals surface area contributed by atoms with Gasteiger partial charge in [0.05, 0.1) is 10.9 Å². The van der Waals surface area contributed by atoms with Gasteiger partial charge in [-0.3, -0.25) is 9.79 Å². The molecule has 3 rings (SSSR count). The Bertz CT molecular complexity index is 652. The van der Waals surface area contributed by atoms with Crippen molar-refractivity contribution in [2.45, 2.75) is 38.1 Å². The lowest BCUT2D eigenvalue weighted by atomic mass is 9.96. The summed E-state index contributed by atoms with van der Waals surface area (Å²) in [7, 11) is 0. The van der Waals surface area contributed by atoms with Crippen molar-refractivity contribution in [2.75, 3.05) is 0 Å². The molecule has 0 bridgehead atoms. The molecular weight excluding hydrogens is 306 g/mol. The van der Waals surface area contributed by atoms with Crippen LogP contribution in [-0.2, 0) is 4.79 Å². The van der Waals surface area contributed by atoms with Gasteiger partial charge in [0, 0.05) is 11.6 Å². The molecule has 1 aliphatic carbocycles. The topological polar surface area (TPSA) is 41.5 Å². The van der Waals surface area contributed by atoms with Crippen LogP contribution in [0.15, 0.2) is 28.1 Å². The normalized spacial score (nSPS) is 23.3. The molecule has 3 nitrogen and oxygen atoms in total. The van der Waals surface area contributed by atoms with Gasteiger partial charge >= 0.3 is 0 Å². The summed E-state index contributed by atoms with van der Waals surface area (Å²) < 4.78 is 26.5. The van der Waals surface area contributed by atoms with Gasteiger partial charge in [-0.25, -0.2) is 8.78 Å². The molecule has 0 atom stereocenters. The van der Waals surface area contributed by atoms with Crippen LogP contribution in [0.4, 0.5) is 8.78 Å². The minimum absolute atomic E-state index is 0.193. The van der Waals surface area contributed by atoms with E-state index < -0.39 is 11.6 Å². The predicted octanol–water partition coefficient (Wildman–Crippen LogP) is 3.86. The Kier molecular flexibility index (Phi) is 4.57. The standard InChI is InChI=1S/C16H16F2N2OS/c17-11-7-6-10(13(18)9-11)8-14-15(21)20-16(22-14)19-12-4-2-1-3-5-12/h6-9,12H,1-5H2,(H,19,20,21)/b14-8+. The molecule has 2 aliphatic rings. The Labute approximate surface area is 131 Å². The molecular formula is C16H16F2N2OS. The molecule has 0 aromatic heterocycles. The minimum Gasteiger partial charge on any atom is -0.301 e. The summed E-state index contributed by atoms with van der Waals surface area (Å²) in [5, 5.41) is 3.29. The van der Waals surface area contributed by atoms with Gasteiger partial charge in [-0.2, -0.15) is 0 Å². The number of thioether (sulfide) groups is 1. The van der Waals surface area contributed by atoms with Gasteiger partial charge in [-0.1, -0.05) is 19.3 Å². The summed E-state index contributed by atoms with van der Waals surface area (Å²) in [5.74, 6) is -1.61. The number of aliphatic imine (C=N–C) groups is 1. The molecule has 1 saturated heterocycles. The van der Waals surface area contributed by atoms with Crippen molar-refractivity contribution in [3.8, 4) is 0 Å². The second kappa shape index (κ2) is 6.60. The zero-order chi connectivity index (χ0) is 15.5. The highest BCUT2D eigenvalue weighted by molar-refractivity contribution is 8.18. The van der Waals surface area contributed by atoms with Crippen LogP contribution in [-0.4, -0.2) is 17.1 Å². The third kappa shape index (κ3) is 3.55. The number of rotatable bonds is 2. The van der Waals surface area contributed by atoms with Gasteiger partial charge in [0.2, 0.25) is 0 Å². The quantitative estimate of drug-likeness (QED) is 0.840. The molecule has 1 aromatic rings. The zero-order valence-corrected chi connectivity index (χ0v) is 12.8. The molecule has 1 aliphatic heterocycles. The first-order valence-corrected chi connectivity index (χ1v) is 8.17. The second-order valence-corrected chi connectivity index (χ2v) is 6.49. The third-order valence-corrected chi connectivity index (χ3v) is 4.70. The van der Waals surface area contributed by atoms with Crippen LogP contribution in [0.3, 0.4) is 0 Å². The number of amidine groups is 1. The van der Waals surface area contributed by atoms with Crippen molar-refractivity contribution < 1.29 is 13.6 Å². The molecule has 0 radical (unpaired) electrons. The highest BCUT2D eigenvalue weighted by atomic mass is 32.2. The van der Waals surface area contributed by atoms with Crippen molar-refractivity contribution in [2.24, 2.45) is 4.99 Å². The fourth-order valence-electron chi connectivity index (χ4n) is 2.62. The Morgan fingerprint density at radius 2 is 2.00 bits per heavy atom. The van der Waals surface area contributed by atoms with Gasteiger partial charge in [0.25, 0.3) is 5.91 Å². The van der Waals surface area contributed by atoms with Crippen molar-refractivity contribution in [1.29, 1.82) is 0 Å². The number of nitrogens with zero attached hydrogens (tertiary/aromatic N) is 1. The van der Waals surface area contributed by atoms with Crippen LogP contribution >= 0.6 is 11.8 Å². The molecule has 1 amide bonds. The summed E-state index contributed by atoms with van der Waals surface area (Å²) in [6.07, 6.45) is 7.11. The number of nitrogens with one attached hydrogen (secondary N) is 1. The highest BCUT2D eigenvalue weighted by Crippen LogP contribution is 2.29. The number of halogens is 2. The fourth-order valence-corrected chi connectivity index (χ4v) is 3.51. The number of carbonyl (C=O) groups excluding carboxylic acids is 1. The molecule has 1 aromatic carbocycles. The molecule has 0 unspecified atom stereocenters. The van der Waals surface area contributed by atoms with E-state index in [-0.39, 0.29) is 17.5 Å². The minimum atomic E-state index is -0.682. The summed E-state index contributed by atoms with van der Waals surface area (Å²) in [5.41, 5.74) is 0.193. The lowest BCUT2D eigenvalue weighted by molar-refractivity contribution is -0.115. The maximum Gasteiger partial charge on any atom is 0.264 e. The first-order chi connectivity index (χ1) is 10.6. The monoisotopic (exact) mass is 322 g/mol. The molecule has 0 spiro atoms. The van der Waals surface area contributed by atoms with E-state index in [1.165, 1.54) is 49.2 Å². The lowest BCUT2D eigenvalue weighted by Crippen LogP contribution is -2.22. The van der Waals surface area contributed by atoms with Gasteiger partial charge in [0.1, 0.15) is 11.6 Å². The first-order valence-electron chi connectivity index (χ1n) is 7.35. The molecule has 1 heterocycles. The second-order valence-electron chi connectivity index (χ2n) is 5.46. The third-order valence-electron chi connectivity index (χ3n) is 3.77. The summed E-state index contributed by atoms with van der Waals surface area (Å²) in [6, 6.07) is 3.56. The Hall–Kier alpha value is -1.69. The van der Waals surface area contributed by atoms with Gasteiger partial charge < -0.3 is 5.32 Å². The number of hydrogen-bond donors (Lipinski definition) is 1. The van der Waals surface area contributed by atoms with Crippen LogP contribution in [0.5, 0.6) is 0 Å². The summed E-state index contributed by atoms with van der Waals surface area (Å²) in [4.78, 5) is 16.9. The van der Waals surface area contributed by atoms with Gasteiger partial charge in [0.15, 0.2) is 5.17 Å². The van der Waals surface area contributed by atoms with E-state index in [1.807, 2.05) is 0 Å². The Morgan fingerprint density at radius 3 is 2.73 bits per heavy atom. The largest absolute Gasteiger partial charge is 0.301 e. The molecule has 116 valence electrons. The van der Waals surface area contributed by atoms with Crippen LogP contribution in [0.1, 0.15) is 37.7 Å². The average Bonchev–Trinajstić information content (AvgIpc) is 2.83. The maximum absolute atomic E-state index is 13.6. The maximum atomic E-state index is 13.6. The Morgan fingerprint density at radius 1 is 1.23 bits per heavy atom. The summed E-state index contributed by atoms with van der Waals surface area (Å²) >= 11 is 1.21. The van der Waals surface area contributed by atoms with Gasteiger partial charge in [-0.05, 0) is 42.8 Å². The van der Waals surface area contributed by atoms with E-state index in [2.05, 4.69) is 10.3 Å². The number of benzene rings is 1. The number of carbonyl (C=O) groups is 1. The summed E-state index contributed by atoms with van der Waals surface area (Å²) in [6.45, 7) is 0. The SMILES string of the molecule is O=C1NC(=NC2CCCCC2)S/C1=C/c1ccc(F)cc1F. The van der Waals surface area contributed by atoms with E-state index in [0.29, 0.717) is 10.1 Å². The average molecular weight is 322 g/mol. The van der Waals surface area contributed by atoms with Crippen molar-refractivity contribution >= 4 is 28.9 Å². The zero-order valence-electron chi connectivity index (χ0n) is 11.9. The fraction of sp³-hybridized carbons (Fsp3) is 0.375. The highest BCUT2D eigenvalue weighted by Gasteiger charge is 2.25.